The number of fused-ring (bicyclic) bond motifs is 1. The highest BCUT2D eigenvalue weighted by Crippen LogP contribution is 2.35. The number of aromatic nitrogens is 3. The zero-order valence-corrected chi connectivity index (χ0v) is 19.9. The molecule has 0 unspecified atom stereocenters. The number of hydrogen-bond acceptors (Lipinski definition) is 2. The van der Waals surface area contributed by atoms with E-state index in [1.807, 2.05) is 24.4 Å². The average Bonchev–Trinajstić information content (AvgIpc) is 3.39. The summed E-state index contributed by atoms with van der Waals surface area (Å²) in [6, 6.07) is 31.4. The van der Waals surface area contributed by atoms with Gasteiger partial charge < -0.3 is 0 Å². The Morgan fingerprint density at radius 1 is 0.706 bits per heavy atom. The van der Waals surface area contributed by atoms with Crippen molar-refractivity contribution in [2.45, 2.75) is 39.5 Å². The highest BCUT2D eigenvalue weighted by Gasteiger charge is 2.25. The average molecular weight is 447 g/mol. The molecule has 0 saturated carbocycles. The zero-order valence-electron chi connectivity index (χ0n) is 19.9. The maximum atomic E-state index is 5.22. The van der Waals surface area contributed by atoms with Gasteiger partial charge in [-0.1, -0.05) is 118 Å². The molecule has 5 rings (SSSR count). The van der Waals surface area contributed by atoms with Crippen LogP contribution in [0.5, 0.6) is 0 Å². The molecule has 0 aliphatic heterocycles. The Kier molecular flexibility index (Phi) is 6.39. The Bertz CT molecular complexity index is 1390. The normalized spacial score (nSPS) is 11.6. The van der Waals surface area contributed by atoms with Crippen molar-refractivity contribution in [1.29, 1.82) is 0 Å². The van der Waals surface area contributed by atoms with Crippen molar-refractivity contribution in [3.05, 3.63) is 108 Å². The van der Waals surface area contributed by atoms with E-state index in [1.165, 1.54) is 22.6 Å². The molecule has 0 fully saturated rings. The van der Waals surface area contributed by atoms with Crippen molar-refractivity contribution in [2.24, 2.45) is 5.10 Å². The van der Waals surface area contributed by atoms with E-state index in [-0.39, 0.29) is 0 Å². The van der Waals surface area contributed by atoms with Crippen molar-refractivity contribution < 1.29 is 0 Å². The van der Waals surface area contributed by atoms with Crippen LogP contribution in [0.1, 0.15) is 43.6 Å². The summed E-state index contributed by atoms with van der Waals surface area (Å²) < 4.78 is 4.42. The van der Waals surface area contributed by atoms with Crippen LogP contribution in [0.25, 0.3) is 28.3 Å². The second-order valence-corrected chi connectivity index (χ2v) is 8.54. The van der Waals surface area contributed by atoms with Gasteiger partial charge in [-0.3, -0.25) is 4.40 Å². The largest absolute Gasteiger partial charge is 0.278 e. The fourth-order valence-electron chi connectivity index (χ4n) is 4.60. The van der Waals surface area contributed by atoms with E-state index in [9.17, 15) is 0 Å². The number of rotatable bonds is 8. The molecular formula is C30H30N4. The van der Waals surface area contributed by atoms with Crippen molar-refractivity contribution in [1.82, 2.24) is 14.1 Å². The van der Waals surface area contributed by atoms with E-state index in [2.05, 4.69) is 95.7 Å². The molecule has 0 amide bonds. The Morgan fingerprint density at radius 2 is 1.26 bits per heavy atom. The van der Waals surface area contributed by atoms with Crippen LogP contribution in [0.3, 0.4) is 0 Å². The minimum absolute atomic E-state index is 0.872. The van der Waals surface area contributed by atoms with Crippen molar-refractivity contribution in [2.75, 3.05) is 0 Å². The smallest absolute Gasteiger partial charge is 0.236 e. The zero-order chi connectivity index (χ0) is 23.3. The van der Waals surface area contributed by atoms with E-state index in [4.69, 9.17) is 10.1 Å². The van der Waals surface area contributed by atoms with Crippen LogP contribution >= 0.6 is 0 Å². The van der Waals surface area contributed by atoms with Crippen LogP contribution in [0.2, 0.25) is 0 Å². The molecule has 0 saturated heterocycles. The predicted octanol–water partition coefficient (Wildman–Crippen LogP) is 7.26. The van der Waals surface area contributed by atoms with Gasteiger partial charge >= 0.3 is 0 Å². The highest BCUT2D eigenvalue weighted by atomic mass is 15.4. The van der Waals surface area contributed by atoms with Gasteiger partial charge in [0.25, 0.3) is 0 Å². The number of nitrogens with zero attached hydrogens (tertiary/aromatic N) is 4. The topological polar surface area (TPSA) is 34.6 Å². The molecule has 34 heavy (non-hydrogen) atoms. The first-order chi connectivity index (χ1) is 16.8. The van der Waals surface area contributed by atoms with Gasteiger partial charge in [-0.05, 0) is 18.4 Å². The minimum Gasteiger partial charge on any atom is -0.278 e. The van der Waals surface area contributed by atoms with Gasteiger partial charge in [0.05, 0.1) is 29.0 Å². The molecule has 0 atom stereocenters. The van der Waals surface area contributed by atoms with Crippen LogP contribution in [-0.2, 0) is 12.8 Å². The second kappa shape index (κ2) is 9.92. The molecule has 3 aromatic carbocycles. The maximum Gasteiger partial charge on any atom is 0.236 e. The Balaban J connectivity index is 1.84. The third kappa shape index (κ3) is 4.08. The van der Waals surface area contributed by atoms with E-state index in [1.54, 1.807) is 0 Å². The van der Waals surface area contributed by atoms with Crippen LogP contribution in [0, 0.1) is 0 Å². The molecule has 0 bridgehead atoms. The number of benzene rings is 3. The second-order valence-electron chi connectivity index (χ2n) is 8.54. The molecule has 2 aromatic heterocycles. The molecule has 170 valence electrons. The van der Waals surface area contributed by atoms with Crippen molar-refractivity contribution in [3.63, 3.8) is 0 Å². The fourth-order valence-corrected chi connectivity index (χ4v) is 4.60. The molecule has 0 radical (unpaired) electrons. The maximum absolute atomic E-state index is 5.22. The van der Waals surface area contributed by atoms with Gasteiger partial charge in [0, 0.05) is 11.1 Å². The van der Waals surface area contributed by atoms with E-state index in [0.29, 0.717) is 0 Å². The lowest BCUT2D eigenvalue weighted by molar-refractivity contribution is 0.786. The number of hydrogen-bond donors (Lipinski definition) is 0. The first kappa shape index (κ1) is 21.9. The quantitative estimate of drug-likeness (QED) is 0.231. The molecule has 2 heterocycles. The van der Waals surface area contributed by atoms with E-state index < -0.39 is 0 Å². The van der Waals surface area contributed by atoms with E-state index >= 15 is 0 Å². The van der Waals surface area contributed by atoms with E-state index in [0.717, 1.165) is 48.3 Å². The molecule has 0 aliphatic rings. The predicted molar refractivity (Wildman–Crippen MR) is 141 cm³/mol. The summed E-state index contributed by atoms with van der Waals surface area (Å²) in [7, 11) is 0. The summed E-state index contributed by atoms with van der Waals surface area (Å²) in [6.45, 7) is 4.45. The Morgan fingerprint density at radius 3 is 1.88 bits per heavy atom. The lowest BCUT2D eigenvalue weighted by Gasteiger charge is -2.10. The monoisotopic (exact) mass is 446 g/mol. The van der Waals surface area contributed by atoms with Crippen molar-refractivity contribution in [3.8, 4) is 22.5 Å². The van der Waals surface area contributed by atoms with Crippen LogP contribution in [0.4, 0.5) is 0 Å². The summed E-state index contributed by atoms with van der Waals surface area (Å²) >= 11 is 0. The Hall–Kier alpha value is -3.92. The Labute approximate surface area is 201 Å². The number of imidazole rings is 2. The molecule has 0 N–H and O–H groups in total. The lowest BCUT2D eigenvalue weighted by atomic mass is 10.1. The van der Waals surface area contributed by atoms with Crippen LogP contribution in [0.15, 0.2) is 96.1 Å². The lowest BCUT2D eigenvalue weighted by Crippen LogP contribution is -2.01. The summed E-state index contributed by atoms with van der Waals surface area (Å²) in [5.41, 5.74) is 8.08. The van der Waals surface area contributed by atoms with Gasteiger partial charge in [0.2, 0.25) is 5.78 Å². The molecule has 5 aromatic rings. The molecule has 4 heteroatoms. The first-order valence-corrected chi connectivity index (χ1v) is 12.2. The van der Waals surface area contributed by atoms with Crippen LogP contribution < -0.4 is 0 Å². The highest BCUT2D eigenvalue weighted by molar-refractivity contribution is 5.80. The summed E-state index contributed by atoms with van der Waals surface area (Å²) in [5, 5.41) is 4.99. The van der Waals surface area contributed by atoms with Crippen LogP contribution in [-0.4, -0.2) is 20.3 Å². The van der Waals surface area contributed by atoms with Gasteiger partial charge in [-0.25, -0.2) is 9.66 Å². The third-order valence-electron chi connectivity index (χ3n) is 6.09. The summed E-state index contributed by atoms with van der Waals surface area (Å²) in [5.74, 6) is 0.872. The van der Waals surface area contributed by atoms with Gasteiger partial charge in [0.15, 0.2) is 0 Å². The molecule has 0 spiro atoms. The molecule has 0 aliphatic carbocycles. The van der Waals surface area contributed by atoms with Gasteiger partial charge in [-0.15, -0.1) is 0 Å². The third-order valence-corrected chi connectivity index (χ3v) is 6.09. The molecular weight excluding hydrogens is 416 g/mol. The standard InChI is InChI=1S/C30H30N4/c1-3-14-26-28(24-18-10-6-11-19-24)32-30-33(26)29(25-20-12-7-13-21-25)27(15-4-2)34(30)31-22-23-16-8-5-9-17-23/h5-13,16-22H,3-4,14-15H2,1-2H3. The summed E-state index contributed by atoms with van der Waals surface area (Å²) in [6.07, 6.45) is 5.88. The summed E-state index contributed by atoms with van der Waals surface area (Å²) in [4.78, 5) is 5.22. The van der Waals surface area contributed by atoms with Gasteiger partial charge in [-0.2, -0.15) is 5.10 Å². The molecule has 4 nitrogen and oxygen atoms in total. The first-order valence-electron chi connectivity index (χ1n) is 12.2. The fraction of sp³-hybridized carbons (Fsp3) is 0.200. The van der Waals surface area contributed by atoms with Crippen molar-refractivity contribution >= 4 is 12.0 Å². The van der Waals surface area contributed by atoms with Gasteiger partial charge in [0.1, 0.15) is 0 Å². The number of aryl methyl sites for hydroxylation is 1. The minimum atomic E-state index is 0.872. The SMILES string of the molecule is CCCc1c(-c2ccccc2)n2c(CCC)c(-c3ccccc3)nc2n1N=Cc1ccccc1.